The second kappa shape index (κ2) is 12.4. The summed E-state index contributed by atoms with van der Waals surface area (Å²) in [6.45, 7) is 2.32. The molecule has 0 radical (unpaired) electrons. The number of hydrogen-bond donors (Lipinski definition) is 2. The summed E-state index contributed by atoms with van der Waals surface area (Å²) in [5.41, 5.74) is -0.0900. The Kier molecular flexibility index (Phi) is 8.74. The second-order valence-corrected chi connectivity index (χ2v) is 8.74. The number of amides is 4. The number of rotatable bonds is 8. The van der Waals surface area contributed by atoms with Crippen LogP contribution < -0.4 is 20.4 Å². The predicted molar refractivity (Wildman–Crippen MR) is 134 cm³/mol. The number of benzene rings is 1. The number of pyridine rings is 1. The lowest BCUT2D eigenvalue weighted by Gasteiger charge is -2.36. The monoisotopic (exact) mass is 546 g/mol. The molecule has 0 spiro atoms. The lowest BCUT2D eigenvalue weighted by atomic mass is 10.2. The fourth-order valence-electron chi connectivity index (χ4n) is 4.26. The number of nitrogens with one attached hydrogen (secondary N) is 2. The highest BCUT2D eigenvalue weighted by molar-refractivity contribution is 5.94. The predicted octanol–water partition coefficient (Wildman–Crippen LogP) is 1.51. The van der Waals surface area contributed by atoms with Crippen molar-refractivity contribution in [2.75, 3.05) is 62.2 Å². The smallest absolute Gasteiger partial charge is 0.414 e. The minimum atomic E-state index is -0.867. The van der Waals surface area contributed by atoms with Gasteiger partial charge in [0.1, 0.15) is 17.5 Å². The van der Waals surface area contributed by atoms with E-state index in [1.807, 2.05) is 0 Å². The number of alkyl carbamates (subject to hydrolysis) is 1. The van der Waals surface area contributed by atoms with Gasteiger partial charge in [0.2, 0.25) is 5.91 Å². The van der Waals surface area contributed by atoms with Crippen molar-refractivity contribution in [3.05, 3.63) is 53.9 Å². The molecule has 4 rings (SSSR count). The number of carbonyl (C=O) groups excluding carboxylic acids is 4. The van der Waals surface area contributed by atoms with Crippen molar-refractivity contribution in [3.8, 4) is 0 Å². The Morgan fingerprint density at radius 2 is 1.82 bits per heavy atom. The van der Waals surface area contributed by atoms with Gasteiger partial charge < -0.3 is 29.9 Å². The van der Waals surface area contributed by atoms with E-state index >= 15 is 8.78 Å². The molecule has 0 saturated carbocycles. The molecule has 2 aliphatic rings. The minimum Gasteiger partial charge on any atom is -0.450 e. The number of halogens is 2. The Labute approximate surface area is 222 Å². The van der Waals surface area contributed by atoms with Gasteiger partial charge in [-0.1, -0.05) is 6.07 Å². The van der Waals surface area contributed by atoms with Gasteiger partial charge in [-0.3, -0.25) is 19.5 Å². The molecule has 14 heteroatoms. The van der Waals surface area contributed by atoms with E-state index in [0.29, 0.717) is 0 Å². The summed E-state index contributed by atoms with van der Waals surface area (Å²) in [6.07, 6.45) is -0.698. The number of anilines is 2. The lowest BCUT2D eigenvalue weighted by molar-refractivity contribution is -0.130. The van der Waals surface area contributed by atoms with E-state index in [4.69, 9.17) is 9.47 Å². The average molecular weight is 547 g/mol. The summed E-state index contributed by atoms with van der Waals surface area (Å²) < 4.78 is 40.1. The van der Waals surface area contributed by atoms with Crippen molar-refractivity contribution in [1.82, 2.24) is 20.5 Å². The highest BCUT2D eigenvalue weighted by Gasteiger charge is 2.34. The number of aromatic nitrogens is 1. The molecule has 2 fully saturated rings. The van der Waals surface area contributed by atoms with Gasteiger partial charge in [0.25, 0.3) is 5.91 Å². The molecule has 4 amide bonds. The van der Waals surface area contributed by atoms with Gasteiger partial charge in [0, 0.05) is 44.5 Å². The third-order valence-electron chi connectivity index (χ3n) is 6.18. The molecule has 0 aliphatic carbocycles. The molecule has 0 bridgehead atoms. The molecule has 1 atom stereocenters. The van der Waals surface area contributed by atoms with E-state index in [1.54, 1.807) is 19.1 Å². The summed E-state index contributed by atoms with van der Waals surface area (Å²) in [5, 5.41) is 4.97. The molecule has 3 heterocycles. The van der Waals surface area contributed by atoms with Gasteiger partial charge in [-0.05, 0) is 19.1 Å². The van der Waals surface area contributed by atoms with Crippen LogP contribution in [0.15, 0.2) is 36.5 Å². The van der Waals surface area contributed by atoms with E-state index in [1.165, 1.54) is 22.1 Å². The van der Waals surface area contributed by atoms with Crippen LogP contribution in [0.1, 0.15) is 17.4 Å². The molecule has 12 nitrogen and oxygen atoms in total. The Hall–Kier alpha value is -4.49. The number of cyclic esters (lactones) is 1. The van der Waals surface area contributed by atoms with Crippen molar-refractivity contribution >= 4 is 35.4 Å². The Morgan fingerprint density at radius 3 is 2.46 bits per heavy atom. The largest absolute Gasteiger partial charge is 0.450 e. The third-order valence-corrected chi connectivity index (χ3v) is 6.18. The molecule has 2 N–H and O–H groups in total. The van der Waals surface area contributed by atoms with Gasteiger partial charge in [-0.25, -0.2) is 18.4 Å². The molecule has 39 heavy (non-hydrogen) atoms. The van der Waals surface area contributed by atoms with Gasteiger partial charge in [0.05, 0.1) is 31.9 Å². The molecule has 2 aromatic rings. The van der Waals surface area contributed by atoms with E-state index in [-0.39, 0.29) is 75.4 Å². The van der Waals surface area contributed by atoms with Gasteiger partial charge in [-0.15, -0.1) is 0 Å². The zero-order valence-corrected chi connectivity index (χ0v) is 21.2. The van der Waals surface area contributed by atoms with Crippen LogP contribution in [0.5, 0.6) is 0 Å². The third kappa shape index (κ3) is 6.69. The molecule has 1 aromatic carbocycles. The van der Waals surface area contributed by atoms with Gasteiger partial charge in [-0.2, -0.15) is 0 Å². The van der Waals surface area contributed by atoms with E-state index in [2.05, 4.69) is 15.6 Å². The highest BCUT2D eigenvalue weighted by Crippen LogP contribution is 2.31. The number of carbonyl (C=O) groups is 4. The summed E-state index contributed by atoms with van der Waals surface area (Å²) in [5.74, 6) is -2.54. The quantitative estimate of drug-likeness (QED) is 0.509. The maximum Gasteiger partial charge on any atom is 0.414 e. The van der Waals surface area contributed by atoms with Crippen LogP contribution in [0.3, 0.4) is 0 Å². The maximum absolute atomic E-state index is 15.1. The van der Waals surface area contributed by atoms with Gasteiger partial charge >= 0.3 is 12.2 Å². The second-order valence-electron chi connectivity index (χ2n) is 8.74. The zero-order valence-electron chi connectivity index (χ0n) is 21.2. The molecule has 1 unspecified atom stereocenters. The average Bonchev–Trinajstić information content (AvgIpc) is 3.31. The first-order chi connectivity index (χ1) is 18.8. The van der Waals surface area contributed by atoms with Crippen LogP contribution >= 0.6 is 0 Å². The minimum absolute atomic E-state index is 0.0128. The lowest BCUT2D eigenvalue weighted by Crippen LogP contribution is -2.51. The molecule has 2 aliphatic heterocycles. The number of nitrogens with zero attached hydrogens (tertiary/aromatic N) is 4. The normalized spacial score (nSPS) is 17.1. The van der Waals surface area contributed by atoms with Crippen LogP contribution in [-0.2, 0) is 14.3 Å². The highest BCUT2D eigenvalue weighted by atomic mass is 19.1. The molecule has 2 saturated heterocycles. The van der Waals surface area contributed by atoms with Crippen molar-refractivity contribution in [2.45, 2.75) is 13.0 Å². The van der Waals surface area contributed by atoms with Crippen molar-refractivity contribution in [1.29, 1.82) is 0 Å². The Bertz CT molecular complexity index is 1200. The van der Waals surface area contributed by atoms with E-state index in [0.717, 1.165) is 17.0 Å². The Balaban J connectivity index is 1.31. The first-order valence-electron chi connectivity index (χ1n) is 12.4. The van der Waals surface area contributed by atoms with Crippen LogP contribution in [0.2, 0.25) is 0 Å². The first kappa shape index (κ1) is 27.5. The number of piperazine rings is 1. The molecule has 1 aromatic heterocycles. The SMILES string of the molecule is CCOC(=O)NCC1CN(c2cc(F)c(N3CCN(C(=O)CNC(=O)c4ccccn4)CC3)c(F)c2)C(=O)O1. The zero-order chi connectivity index (χ0) is 27.9. The van der Waals surface area contributed by atoms with Crippen LogP contribution in [0.25, 0.3) is 0 Å². The summed E-state index contributed by atoms with van der Waals surface area (Å²) >= 11 is 0. The summed E-state index contributed by atoms with van der Waals surface area (Å²) in [7, 11) is 0. The van der Waals surface area contributed by atoms with Crippen LogP contribution in [0, 0.1) is 11.6 Å². The maximum atomic E-state index is 15.1. The summed E-state index contributed by atoms with van der Waals surface area (Å²) in [6, 6.07) is 6.95. The topological polar surface area (TPSA) is 133 Å². The fraction of sp³-hybridized carbons (Fsp3) is 0.400. The fourth-order valence-corrected chi connectivity index (χ4v) is 4.26. The summed E-state index contributed by atoms with van der Waals surface area (Å²) in [4.78, 5) is 56.3. The van der Waals surface area contributed by atoms with Crippen molar-refractivity contribution in [3.63, 3.8) is 0 Å². The number of hydrogen-bond acceptors (Lipinski definition) is 8. The van der Waals surface area contributed by atoms with Crippen LogP contribution in [0.4, 0.5) is 29.7 Å². The van der Waals surface area contributed by atoms with E-state index < -0.39 is 35.8 Å². The first-order valence-corrected chi connectivity index (χ1v) is 12.4. The van der Waals surface area contributed by atoms with Crippen LogP contribution in [-0.4, -0.2) is 92.4 Å². The molecular formula is C25H28F2N6O6. The molecule has 208 valence electrons. The standard InChI is InChI=1S/C25H28F2N6O6/c1-2-38-24(36)30-13-17-15-33(25(37)39-17)16-11-18(26)22(19(27)12-16)32-9-7-31(8-10-32)21(34)14-29-23(35)20-5-3-4-6-28-20/h3-6,11-12,17H,2,7-10,13-15H2,1H3,(H,29,35)(H,30,36). The number of ether oxygens (including phenoxy) is 2. The van der Waals surface area contributed by atoms with Crippen molar-refractivity contribution in [2.24, 2.45) is 0 Å². The molecular weight excluding hydrogens is 518 g/mol. The van der Waals surface area contributed by atoms with Crippen molar-refractivity contribution < 1.29 is 37.4 Å². The van der Waals surface area contributed by atoms with Gasteiger partial charge in [0.15, 0.2) is 11.6 Å². The van der Waals surface area contributed by atoms with E-state index in [9.17, 15) is 19.2 Å². The Morgan fingerprint density at radius 1 is 1.10 bits per heavy atom.